The number of para-hydroxylation sites is 1. The highest BCUT2D eigenvalue weighted by molar-refractivity contribution is 5.83. The third-order valence-corrected chi connectivity index (χ3v) is 5.85. The summed E-state index contributed by atoms with van der Waals surface area (Å²) in [5.41, 5.74) is 2.79. The molecule has 3 heterocycles. The zero-order valence-corrected chi connectivity index (χ0v) is 14.9. The highest BCUT2D eigenvalue weighted by Crippen LogP contribution is 2.28. The molecule has 2 atom stereocenters. The van der Waals surface area contributed by atoms with Crippen LogP contribution in [-0.2, 0) is 17.8 Å². The van der Waals surface area contributed by atoms with E-state index >= 15 is 0 Å². The summed E-state index contributed by atoms with van der Waals surface area (Å²) < 4.78 is 7.63. The molecular weight excluding hydrogens is 298 g/mol. The van der Waals surface area contributed by atoms with Crippen molar-refractivity contribution < 1.29 is 4.74 Å². The number of piperazine rings is 1. The van der Waals surface area contributed by atoms with Crippen LogP contribution >= 0.6 is 0 Å². The molecule has 0 amide bonds. The zero-order chi connectivity index (χ0) is 16.5. The molecule has 1 aromatic carbocycles. The van der Waals surface area contributed by atoms with Crippen molar-refractivity contribution in [3.63, 3.8) is 0 Å². The summed E-state index contributed by atoms with van der Waals surface area (Å²) in [4.78, 5) is 5.39. The van der Waals surface area contributed by atoms with Gasteiger partial charge in [0.25, 0.3) is 0 Å². The van der Waals surface area contributed by atoms with Gasteiger partial charge in [0, 0.05) is 62.5 Å². The Hall–Kier alpha value is -1.36. The standard InChI is InChI=1S/C20H29N3O/c1-16-12-21-9-5-6-18(21)15-23(16)14-17-13-22(10-11-24-2)20-8-4-3-7-19(17)20/h3-4,7-8,13,16,18H,5-6,9-12,14-15H2,1-2H3/t16-,18-/m1/s1. The fourth-order valence-electron chi connectivity index (χ4n) is 4.51. The van der Waals surface area contributed by atoms with Crippen molar-refractivity contribution in [2.45, 2.75) is 44.9 Å². The predicted molar refractivity (Wildman–Crippen MR) is 98.3 cm³/mol. The molecular formula is C20H29N3O. The first kappa shape index (κ1) is 16.1. The fourth-order valence-corrected chi connectivity index (χ4v) is 4.51. The van der Waals surface area contributed by atoms with Gasteiger partial charge in [0.05, 0.1) is 6.61 Å². The van der Waals surface area contributed by atoms with Crippen LogP contribution in [-0.4, -0.2) is 59.8 Å². The summed E-state index contributed by atoms with van der Waals surface area (Å²) in [6.07, 6.45) is 5.10. The van der Waals surface area contributed by atoms with Crippen molar-refractivity contribution in [3.05, 3.63) is 36.0 Å². The molecule has 24 heavy (non-hydrogen) atoms. The highest BCUT2D eigenvalue weighted by Gasteiger charge is 2.34. The maximum atomic E-state index is 5.28. The van der Waals surface area contributed by atoms with Crippen molar-refractivity contribution in [2.24, 2.45) is 0 Å². The lowest BCUT2D eigenvalue weighted by Crippen LogP contribution is -2.54. The van der Waals surface area contributed by atoms with Gasteiger partial charge in [-0.05, 0) is 37.9 Å². The quantitative estimate of drug-likeness (QED) is 0.842. The molecule has 0 aliphatic carbocycles. The van der Waals surface area contributed by atoms with Gasteiger partial charge in [-0.1, -0.05) is 18.2 Å². The number of benzene rings is 1. The van der Waals surface area contributed by atoms with E-state index in [1.807, 2.05) is 0 Å². The van der Waals surface area contributed by atoms with Crippen LogP contribution in [0.15, 0.2) is 30.5 Å². The third-order valence-electron chi connectivity index (χ3n) is 5.85. The van der Waals surface area contributed by atoms with Crippen LogP contribution in [0.4, 0.5) is 0 Å². The summed E-state index contributed by atoms with van der Waals surface area (Å²) in [5.74, 6) is 0. The van der Waals surface area contributed by atoms with Gasteiger partial charge < -0.3 is 9.30 Å². The Balaban J connectivity index is 1.57. The first-order valence-electron chi connectivity index (χ1n) is 9.30. The minimum atomic E-state index is 0.639. The molecule has 2 aliphatic heterocycles. The molecule has 1 aromatic heterocycles. The number of methoxy groups -OCH3 is 1. The Morgan fingerprint density at radius 2 is 2.08 bits per heavy atom. The van der Waals surface area contributed by atoms with Gasteiger partial charge >= 0.3 is 0 Å². The van der Waals surface area contributed by atoms with Crippen molar-refractivity contribution in [1.82, 2.24) is 14.4 Å². The van der Waals surface area contributed by atoms with Crippen LogP contribution in [0.3, 0.4) is 0 Å². The summed E-state index contributed by atoms with van der Waals surface area (Å²) >= 11 is 0. The van der Waals surface area contributed by atoms with Gasteiger partial charge in [0.1, 0.15) is 0 Å². The highest BCUT2D eigenvalue weighted by atomic mass is 16.5. The molecule has 4 heteroatoms. The smallest absolute Gasteiger partial charge is 0.0641 e. The molecule has 0 saturated carbocycles. The van der Waals surface area contributed by atoms with E-state index in [2.05, 4.69) is 51.8 Å². The zero-order valence-electron chi connectivity index (χ0n) is 14.9. The Kier molecular flexibility index (Phi) is 4.61. The SMILES string of the molecule is COCCn1cc(CN2C[C@H]3CCCN3C[C@H]2C)c2ccccc21. The second kappa shape index (κ2) is 6.87. The molecule has 4 rings (SSSR count). The third kappa shape index (κ3) is 2.99. The van der Waals surface area contributed by atoms with Crippen molar-refractivity contribution in [3.8, 4) is 0 Å². The predicted octanol–water partition coefficient (Wildman–Crippen LogP) is 2.96. The summed E-state index contributed by atoms with van der Waals surface area (Å²) in [7, 11) is 1.77. The molecule has 2 aliphatic rings. The average molecular weight is 327 g/mol. The molecule has 2 fully saturated rings. The minimum absolute atomic E-state index is 0.639. The maximum absolute atomic E-state index is 5.28. The topological polar surface area (TPSA) is 20.6 Å². The Morgan fingerprint density at radius 3 is 2.96 bits per heavy atom. The van der Waals surface area contributed by atoms with E-state index in [1.54, 1.807) is 7.11 Å². The molecule has 2 aromatic rings. The molecule has 0 unspecified atom stereocenters. The van der Waals surface area contributed by atoms with Crippen LogP contribution in [0.1, 0.15) is 25.3 Å². The van der Waals surface area contributed by atoms with E-state index in [-0.39, 0.29) is 0 Å². The molecule has 0 bridgehead atoms. The van der Waals surface area contributed by atoms with Crippen LogP contribution in [0, 0.1) is 0 Å². The Morgan fingerprint density at radius 1 is 1.21 bits per heavy atom. The van der Waals surface area contributed by atoms with E-state index in [4.69, 9.17) is 4.74 Å². The van der Waals surface area contributed by atoms with Gasteiger partial charge in [0.2, 0.25) is 0 Å². The molecule has 4 nitrogen and oxygen atoms in total. The van der Waals surface area contributed by atoms with Crippen molar-refractivity contribution >= 4 is 10.9 Å². The lowest BCUT2D eigenvalue weighted by Gasteiger charge is -2.42. The average Bonchev–Trinajstić information content (AvgIpc) is 3.18. The summed E-state index contributed by atoms with van der Waals surface area (Å²) in [6, 6.07) is 10.2. The molecule has 0 N–H and O–H groups in total. The summed E-state index contributed by atoms with van der Waals surface area (Å²) in [5, 5.41) is 1.40. The lowest BCUT2D eigenvalue weighted by atomic mass is 10.1. The normalized spacial score (nSPS) is 25.4. The molecule has 0 spiro atoms. The fraction of sp³-hybridized carbons (Fsp3) is 0.600. The van der Waals surface area contributed by atoms with Gasteiger partial charge in [-0.3, -0.25) is 9.80 Å². The number of aromatic nitrogens is 1. The molecule has 0 radical (unpaired) electrons. The number of nitrogens with zero attached hydrogens (tertiary/aromatic N) is 3. The van der Waals surface area contributed by atoms with Crippen LogP contribution < -0.4 is 0 Å². The number of fused-ring (bicyclic) bond motifs is 2. The van der Waals surface area contributed by atoms with E-state index in [1.165, 1.54) is 48.9 Å². The van der Waals surface area contributed by atoms with Crippen LogP contribution in [0.25, 0.3) is 10.9 Å². The first-order chi connectivity index (χ1) is 11.8. The van der Waals surface area contributed by atoms with E-state index < -0.39 is 0 Å². The second-order valence-electron chi connectivity index (χ2n) is 7.43. The monoisotopic (exact) mass is 327 g/mol. The molecule has 130 valence electrons. The van der Waals surface area contributed by atoms with E-state index in [0.29, 0.717) is 6.04 Å². The first-order valence-corrected chi connectivity index (χ1v) is 9.30. The number of ether oxygens (including phenoxy) is 1. The van der Waals surface area contributed by atoms with Crippen molar-refractivity contribution in [1.29, 1.82) is 0 Å². The van der Waals surface area contributed by atoms with E-state index in [0.717, 1.165) is 25.7 Å². The number of hydrogen-bond acceptors (Lipinski definition) is 3. The Labute approximate surface area is 145 Å². The van der Waals surface area contributed by atoms with Crippen LogP contribution in [0.2, 0.25) is 0 Å². The van der Waals surface area contributed by atoms with Crippen molar-refractivity contribution in [2.75, 3.05) is 33.4 Å². The van der Waals surface area contributed by atoms with Gasteiger partial charge in [-0.15, -0.1) is 0 Å². The van der Waals surface area contributed by atoms with Gasteiger partial charge in [0.15, 0.2) is 0 Å². The largest absolute Gasteiger partial charge is 0.383 e. The van der Waals surface area contributed by atoms with E-state index in [9.17, 15) is 0 Å². The summed E-state index contributed by atoms with van der Waals surface area (Å²) in [6.45, 7) is 8.88. The second-order valence-corrected chi connectivity index (χ2v) is 7.43. The maximum Gasteiger partial charge on any atom is 0.0641 e. The minimum Gasteiger partial charge on any atom is -0.383 e. The van der Waals surface area contributed by atoms with Gasteiger partial charge in [-0.2, -0.15) is 0 Å². The molecule has 2 saturated heterocycles. The number of rotatable bonds is 5. The van der Waals surface area contributed by atoms with Gasteiger partial charge in [-0.25, -0.2) is 0 Å². The Bertz CT molecular complexity index is 695. The number of hydrogen-bond donors (Lipinski definition) is 0. The van der Waals surface area contributed by atoms with Crippen LogP contribution in [0.5, 0.6) is 0 Å². The lowest BCUT2D eigenvalue weighted by molar-refractivity contribution is 0.0543.